The van der Waals surface area contributed by atoms with Crippen LogP contribution in [0.3, 0.4) is 0 Å². The van der Waals surface area contributed by atoms with Gasteiger partial charge in [-0.25, -0.2) is 15.0 Å². The molecule has 49 heavy (non-hydrogen) atoms. The second-order valence-electron chi connectivity index (χ2n) is 12.7. The summed E-state index contributed by atoms with van der Waals surface area (Å²) < 4.78 is 6.68. The highest BCUT2D eigenvalue weighted by atomic mass is 16.3. The van der Waals surface area contributed by atoms with E-state index in [1.54, 1.807) is 0 Å². The Kier molecular flexibility index (Phi) is 6.28. The maximum absolute atomic E-state index is 6.68. The lowest BCUT2D eigenvalue weighted by Gasteiger charge is -2.14. The van der Waals surface area contributed by atoms with E-state index in [1.165, 1.54) is 32.7 Å². The third-order valence-electron chi connectivity index (χ3n) is 9.77. The number of furan rings is 1. The van der Waals surface area contributed by atoms with E-state index in [4.69, 9.17) is 19.4 Å². The van der Waals surface area contributed by atoms with Gasteiger partial charge in [0.05, 0.1) is 0 Å². The average Bonchev–Trinajstić information content (AvgIpc) is 3.57. The minimum atomic E-state index is 0.612. The molecule has 4 nitrogen and oxygen atoms in total. The first-order valence-electron chi connectivity index (χ1n) is 16.7. The first-order valence-corrected chi connectivity index (χ1v) is 16.7. The smallest absolute Gasteiger partial charge is 0.164 e. The molecule has 4 heteroatoms. The number of allylic oxidation sites excluding steroid dienone is 1. The highest BCUT2D eigenvalue weighted by Gasteiger charge is 2.21. The standard InChI is InChI=1S/C45H29N3O/c1-2-12-31(13-3-1)43-46-44(34-23-21-30-20-19-29-11-6-7-15-35(29)39(30)27-34)48-45(47-43)38-25-24-36(33-22-18-28-10-4-5-14-32(28)26-33)42-41(38)37-16-8-9-17-40(37)49-42/h1-4,6-13,15-27H,5,14H2. The van der Waals surface area contributed by atoms with Gasteiger partial charge in [-0.15, -0.1) is 0 Å². The number of fused-ring (bicyclic) bond motifs is 7. The Hall–Kier alpha value is -6.39. The molecule has 0 saturated carbocycles. The zero-order chi connectivity index (χ0) is 32.3. The highest BCUT2D eigenvalue weighted by Crippen LogP contribution is 2.42. The Balaban J connectivity index is 1.22. The number of para-hydroxylation sites is 1. The van der Waals surface area contributed by atoms with Gasteiger partial charge in [0.2, 0.25) is 0 Å². The summed E-state index contributed by atoms with van der Waals surface area (Å²) in [6, 6.07) is 48.8. The van der Waals surface area contributed by atoms with Crippen LogP contribution in [0.2, 0.25) is 0 Å². The van der Waals surface area contributed by atoms with Crippen molar-refractivity contribution in [2.24, 2.45) is 0 Å². The van der Waals surface area contributed by atoms with Crippen molar-refractivity contribution >= 4 is 49.6 Å². The number of hydrogen-bond acceptors (Lipinski definition) is 4. The van der Waals surface area contributed by atoms with E-state index in [0.717, 1.165) is 62.6 Å². The lowest BCUT2D eigenvalue weighted by Crippen LogP contribution is -2.00. The maximum Gasteiger partial charge on any atom is 0.164 e. The summed E-state index contributed by atoms with van der Waals surface area (Å²) in [4.78, 5) is 15.4. The summed E-state index contributed by atoms with van der Waals surface area (Å²) >= 11 is 0. The van der Waals surface area contributed by atoms with Gasteiger partial charge in [0.15, 0.2) is 17.5 Å². The van der Waals surface area contributed by atoms with Gasteiger partial charge >= 0.3 is 0 Å². The molecule has 2 aromatic heterocycles. The molecule has 0 spiro atoms. The molecule has 0 bridgehead atoms. The Morgan fingerprint density at radius 1 is 0.490 bits per heavy atom. The van der Waals surface area contributed by atoms with E-state index in [9.17, 15) is 0 Å². The minimum Gasteiger partial charge on any atom is -0.455 e. The summed E-state index contributed by atoms with van der Waals surface area (Å²) in [5, 5.41) is 6.81. The van der Waals surface area contributed by atoms with Crippen LogP contribution in [0, 0.1) is 0 Å². The van der Waals surface area contributed by atoms with Gasteiger partial charge in [-0.05, 0) is 75.3 Å². The molecule has 0 saturated heterocycles. The van der Waals surface area contributed by atoms with Gasteiger partial charge in [0, 0.05) is 33.0 Å². The molecule has 2 heterocycles. The van der Waals surface area contributed by atoms with Crippen molar-refractivity contribution in [3.8, 4) is 45.3 Å². The van der Waals surface area contributed by atoms with E-state index in [2.05, 4.69) is 109 Å². The molecule has 1 aliphatic carbocycles. The second-order valence-corrected chi connectivity index (χ2v) is 12.7. The van der Waals surface area contributed by atoms with E-state index in [-0.39, 0.29) is 0 Å². The van der Waals surface area contributed by atoms with Gasteiger partial charge in [-0.1, -0.05) is 127 Å². The lowest BCUT2D eigenvalue weighted by molar-refractivity contribution is 0.670. The van der Waals surface area contributed by atoms with Gasteiger partial charge in [-0.2, -0.15) is 0 Å². The van der Waals surface area contributed by atoms with Crippen LogP contribution < -0.4 is 0 Å². The van der Waals surface area contributed by atoms with E-state index in [1.807, 2.05) is 42.5 Å². The van der Waals surface area contributed by atoms with Gasteiger partial charge in [0.25, 0.3) is 0 Å². The van der Waals surface area contributed by atoms with Crippen molar-refractivity contribution in [2.75, 3.05) is 0 Å². The normalized spacial score (nSPS) is 12.7. The number of aromatic nitrogens is 3. The van der Waals surface area contributed by atoms with Crippen LogP contribution in [0.1, 0.15) is 17.5 Å². The topological polar surface area (TPSA) is 51.8 Å². The number of rotatable bonds is 4. The van der Waals surface area contributed by atoms with Crippen molar-refractivity contribution in [1.82, 2.24) is 15.0 Å². The average molecular weight is 628 g/mol. The van der Waals surface area contributed by atoms with Crippen molar-refractivity contribution in [3.05, 3.63) is 157 Å². The highest BCUT2D eigenvalue weighted by molar-refractivity contribution is 6.16. The molecule has 0 radical (unpaired) electrons. The van der Waals surface area contributed by atoms with E-state index >= 15 is 0 Å². The third kappa shape index (κ3) is 4.64. The van der Waals surface area contributed by atoms with Crippen LogP contribution in [-0.2, 0) is 6.42 Å². The molecule has 0 N–H and O–H groups in total. The summed E-state index contributed by atoms with van der Waals surface area (Å²) in [7, 11) is 0. The van der Waals surface area contributed by atoms with Gasteiger partial charge < -0.3 is 4.42 Å². The minimum absolute atomic E-state index is 0.612. The molecule has 9 aromatic rings. The Morgan fingerprint density at radius 3 is 2.08 bits per heavy atom. The number of aryl methyl sites for hydroxylation is 1. The predicted octanol–water partition coefficient (Wildman–Crippen LogP) is 11.7. The Morgan fingerprint density at radius 2 is 1.18 bits per heavy atom. The summed E-state index contributed by atoms with van der Waals surface area (Å²) in [5.74, 6) is 1.87. The molecule has 1 aliphatic rings. The van der Waals surface area contributed by atoms with Crippen molar-refractivity contribution in [2.45, 2.75) is 12.8 Å². The molecular weight excluding hydrogens is 599 g/mol. The SMILES string of the molecule is C1=Cc2ccc(-c3ccc(-c4nc(-c5ccccc5)nc(-c5ccc6ccc7ccccc7c6c5)n4)c4c3oc3ccccc34)cc2CC1. The van der Waals surface area contributed by atoms with Crippen LogP contribution in [0.15, 0.2) is 150 Å². The quantitative estimate of drug-likeness (QED) is 0.182. The molecular formula is C45H29N3O. The van der Waals surface area contributed by atoms with Crippen LogP contribution in [0.5, 0.6) is 0 Å². The molecule has 0 unspecified atom stereocenters. The molecule has 0 aliphatic heterocycles. The van der Waals surface area contributed by atoms with Crippen LogP contribution in [0.4, 0.5) is 0 Å². The van der Waals surface area contributed by atoms with Crippen molar-refractivity contribution in [1.29, 1.82) is 0 Å². The van der Waals surface area contributed by atoms with Crippen LogP contribution in [-0.4, -0.2) is 15.0 Å². The summed E-state index contributed by atoms with van der Waals surface area (Å²) in [6.45, 7) is 0. The fourth-order valence-corrected chi connectivity index (χ4v) is 7.33. The molecule has 7 aromatic carbocycles. The number of nitrogens with zero attached hydrogens (tertiary/aromatic N) is 3. The van der Waals surface area contributed by atoms with Crippen molar-refractivity contribution < 1.29 is 4.42 Å². The number of hydrogen-bond donors (Lipinski definition) is 0. The summed E-state index contributed by atoms with van der Waals surface area (Å²) in [6.07, 6.45) is 6.58. The molecule has 10 rings (SSSR count). The molecule has 230 valence electrons. The fourth-order valence-electron chi connectivity index (χ4n) is 7.33. The third-order valence-corrected chi connectivity index (χ3v) is 9.77. The van der Waals surface area contributed by atoms with Crippen LogP contribution in [0.25, 0.3) is 94.8 Å². The maximum atomic E-state index is 6.68. The van der Waals surface area contributed by atoms with E-state index in [0.29, 0.717) is 17.5 Å². The fraction of sp³-hybridized carbons (Fsp3) is 0.0444. The zero-order valence-electron chi connectivity index (χ0n) is 26.6. The molecule has 0 fully saturated rings. The lowest BCUT2D eigenvalue weighted by atomic mass is 9.92. The largest absolute Gasteiger partial charge is 0.455 e. The number of benzene rings is 7. The first-order chi connectivity index (χ1) is 24.3. The summed E-state index contributed by atoms with van der Waals surface area (Å²) in [5.41, 5.74) is 9.34. The van der Waals surface area contributed by atoms with Crippen LogP contribution >= 0.6 is 0 Å². The Bertz CT molecular complexity index is 2780. The Labute approximate surface area is 283 Å². The van der Waals surface area contributed by atoms with E-state index < -0.39 is 0 Å². The first kappa shape index (κ1) is 27.7. The monoisotopic (exact) mass is 627 g/mol. The second kappa shape index (κ2) is 11.1. The van der Waals surface area contributed by atoms with Crippen molar-refractivity contribution in [3.63, 3.8) is 0 Å². The van der Waals surface area contributed by atoms with Gasteiger partial charge in [0.1, 0.15) is 11.2 Å². The van der Waals surface area contributed by atoms with Gasteiger partial charge in [-0.3, -0.25) is 0 Å². The molecule has 0 amide bonds. The predicted molar refractivity (Wildman–Crippen MR) is 201 cm³/mol. The molecule has 0 atom stereocenters. The zero-order valence-corrected chi connectivity index (χ0v) is 26.6.